The Labute approximate surface area is 123 Å². The monoisotopic (exact) mass is 276 g/mol. The molecule has 0 bridgehead atoms. The average molecular weight is 276 g/mol. The Morgan fingerprint density at radius 2 is 1.80 bits per heavy atom. The van der Waals surface area contributed by atoms with Crippen molar-refractivity contribution in [1.29, 1.82) is 0 Å². The molecule has 0 aliphatic rings. The Morgan fingerprint density at radius 1 is 1.20 bits per heavy atom. The molecule has 3 nitrogen and oxygen atoms in total. The molecule has 1 aromatic rings. The highest BCUT2D eigenvalue weighted by Gasteiger charge is 2.27. The van der Waals surface area contributed by atoms with Crippen molar-refractivity contribution in [2.24, 2.45) is 11.3 Å². The average Bonchev–Trinajstić information content (AvgIpc) is 2.43. The van der Waals surface area contributed by atoms with Crippen LogP contribution < -0.4 is 10.6 Å². The third-order valence-corrected chi connectivity index (χ3v) is 3.54. The highest BCUT2D eigenvalue weighted by molar-refractivity contribution is 5.81. The number of hydrogen-bond donors (Lipinski definition) is 2. The first kappa shape index (κ1) is 16.7. The lowest BCUT2D eigenvalue weighted by Gasteiger charge is -2.28. The van der Waals surface area contributed by atoms with Crippen molar-refractivity contribution in [3.63, 3.8) is 0 Å². The molecule has 0 radical (unpaired) electrons. The molecule has 0 aliphatic heterocycles. The van der Waals surface area contributed by atoms with E-state index in [1.165, 1.54) is 5.56 Å². The van der Waals surface area contributed by atoms with Crippen molar-refractivity contribution in [3.05, 3.63) is 35.9 Å². The van der Waals surface area contributed by atoms with Gasteiger partial charge in [-0.2, -0.15) is 0 Å². The van der Waals surface area contributed by atoms with Crippen LogP contribution >= 0.6 is 0 Å². The Bertz CT molecular complexity index is 412. The molecule has 0 aromatic heterocycles. The van der Waals surface area contributed by atoms with Gasteiger partial charge in [-0.3, -0.25) is 4.79 Å². The van der Waals surface area contributed by atoms with Gasteiger partial charge in [0.05, 0.1) is 5.41 Å². The molecule has 1 atom stereocenters. The largest absolute Gasteiger partial charge is 0.359 e. The van der Waals surface area contributed by atoms with Gasteiger partial charge in [0.2, 0.25) is 5.91 Å². The molecule has 2 N–H and O–H groups in total. The van der Waals surface area contributed by atoms with Crippen LogP contribution in [0.3, 0.4) is 0 Å². The van der Waals surface area contributed by atoms with Crippen LogP contribution in [0.4, 0.5) is 0 Å². The van der Waals surface area contributed by atoms with E-state index in [0.29, 0.717) is 18.5 Å². The zero-order valence-corrected chi connectivity index (χ0v) is 13.4. The summed E-state index contributed by atoms with van der Waals surface area (Å²) in [4.78, 5) is 11.9. The van der Waals surface area contributed by atoms with Gasteiger partial charge in [0.25, 0.3) is 0 Å². The third kappa shape index (κ3) is 4.97. The van der Waals surface area contributed by atoms with E-state index >= 15 is 0 Å². The molecule has 0 aliphatic carbocycles. The van der Waals surface area contributed by atoms with Gasteiger partial charge in [-0.1, -0.05) is 44.2 Å². The van der Waals surface area contributed by atoms with Crippen molar-refractivity contribution in [1.82, 2.24) is 10.6 Å². The second kappa shape index (κ2) is 7.44. The Morgan fingerprint density at radius 3 is 2.30 bits per heavy atom. The van der Waals surface area contributed by atoms with Gasteiger partial charge in [-0.15, -0.1) is 0 Å². The molecule has 0 fully saturated rings. The van der Waals surface area contributed by atoms with Crippen LogP contribution in [0, 0.1) is 11.3 Å². The maximum atomic E-state index is 11.9. The maximum absolute atomic E-state index is 11.9. The minimum Gasteiger partial charge on any atom is -0.359 e. The van der Waals surface area contributed by atoms with E-state index in [0.717, 1.165) is 6.42 Å². The summed E-state index contributed by atoms with van der Waals surface area (Å²) in [7, 11) is 1.69. The van der Waals surface area contributed by atoms with Crippen LogP contribution in [0.25, 0.3) is 0 Å². The molecule has 1 amide bonds. The van der Waals surface area contributed by atoms with Crippen molar-refractivity contribution >= 4 is 5.91 Å². The third-order valence-electron chi connectivity index (χ3n) is 3.54. The zero-order chi connectivity index (χ0) is 15.2. The van der Waals surface area contributed by atoms with E-state index in [1.807, 2.05) is 19.9 Å². The van der Waals surface area contributed by atoms with Crippen LogP contribution in [-0.4, -0.2) is 19.5 Å². The summed E-state index contributed by atoms with van der Waals surface area (Å²) in [6.45, 7) is 9.05. The topological polar surface area (TPSA) is 41.1 Å². The highest BCUT2D eigenvalue weighted by Crippen LogP contribution is 2.23. The van der Waals surface area contributed by atoms with E-state index in [-0.39, 0.29) is 5.91 Å². The van der Waals surface area contributed by atoms with Crippen molar-refractivity contribution in [2.45, 2.75) is 40.2 Å². The minimum absolute atomic E-state index is 0.0707. The molecule has 1 unspecified atom stereocenters. The summed E-state index contributed by atoms with van der Waals surface area (Å²) in [5, 5.41) is 6.29. The summed E-state index contributed by atoms with van der Waals surface area (Å²) in [5.74, 6) is 0.678. The predicted octanol–water partition coefficient (Wildman–Crippen LogP) is 3.14. The summed E-state index contributed by atoms with van der Waals surface area (Å²) >= 11 is 0. The van der Waals surface area contributed by atoms with Crippen LogP contribution in [0.5, 0.6) is 0 Å². The standard InChI is InChI=1S/C17H28N2O/c1-13(2)11-15(14-9-7-6-8-10-14)19-12-17(3,4)16(20)18-5/h6-10,13,15,19H,11-12H2,1-5H3,(H,18,20). The first-order valence-corrected chi connectivity index (χ1v) is 7.37. The number of carbonyl (C=O) groups excluding carboxylic acids is 1. The molecule has 3 heteroatoms. The Kier molecular flexibility index (Phi) is 6.21. The lowest BCUT2D eigenvalue weighted by molar-refractivity contribution is -0.128. The number of benzene rings is 1. The van der Waals surface area contributed by atoms with Gasteiger partial charge in [0.1, 0.15) is 0 Å². The first-order chi connectivity index (χ1) is 9.36. The minimum atomic E-state index is -0.404. The molecular formula is C17H28N2O. The SMILES string of the molecule is CNC(=O)C(C)(C)CNC(CC(C)C)c1ccccc1. The molecule has 0 saturated heterocycles. The summed E-state index contributed by atoms with van der Waals surface area (Å²) in [5.41, 5.74) is 0.882. The molecule has 0 saturated carbocycles. The van der Waals surface area contributed by atoms with E-state index in [9.17, 15) is 4.79 Å². The van der Waals surface area contributed by atoms with Crippen molar-refractivity contribution < 1.29 is 4.79 Å². The molecule has 0 spiro atoms. The number of amides is 1. The van der Waals surface area contributed by atoms with E-state index in [2.05, 4.69) is 48.7 Å². The fourth-order valence-corrected chi connectivity index (χ4v) is 2.29. The number of carbonyl (C=O) groups is 1. The molecular weight excluding hydrogens is 248 g/mol. The van der Waals surface area contributed by atoms with Gasteiger partial charge < -0.3 is 10.6 Å². The van der Waals surface area contributed by atoms with Gasteiger partial charge in [0.15, 0.2) is 0 Å². The smallest absolute Gasteiger partial charge is 0.226 e. The van der Waals surface area contributed by atoms with Crippen LogP contribution in [-0.2, 0) is 4.79 Å². The Hall–Kier alpha value is -1.35. The highest BCUT2D eigenvalue weighted by atomic mass is 16.2. The van der Waals surface area contributed by atoms with E-state index in [1.54, 1.807) is 7.05 Å². The first-order valence-electron chi connectivity index (χ1n) is 7.37. The van der Waals surface area contributed by atoms with Crippen molar-refractivity contribution in [3.8, 4) is 0 Å². The van der Waals surface area contributed by atoms with Crippen LogP contribution in [0.1, 0.15) is 45.7 Å². The summed E-state index contributed by atoms with van der Waals surface area (Å²) in [6, 6.07) is 10.7. The van der Waals surface area contributed by atoms with E-state index in [4.69, 9.17) is 0 Å². The maximum Gasteiger partial charge on any atom is 0.226 e. The Balaban J connectivity index is 2.74. The molecule has 1 aromatic carbocycles. The number of hydrogen-bond acceptors (Lipinski definition) is 2. The zero-order valence-electron chi connectivity index (χ0n) is 13.4. The second-order valence-electron chi connectivity index (χ2n) is 6.44. The second-order valence-corrected chi connectivity index (χ2v) is 6.44. The summed E-state index contributed by atoms with van der Waals surface area (Å²) in [6.07, 6.45) is 1.06. The van der Waals surface area contributed by atoms with Gasteiger partial charge in [-0.05, 0) is 31.7 Å². The molecule has 20 heavy (non-hydrogen) atoms. The lowest BCUT2D eigenvalue weighted by atomic mass is 9.90. The molecule has 0 heterocycles. The van der Waals surface area contributed by atoms with Gasteiger partial charge >= 0.3 is 0 Å². The summed E-state index contributed by atoms with van der Waals surface area (Å²) < 4.78 is 0. The van der Waals surface area contributed by atoms with Crippen LogP contribution in [0.2, 0.25) is 0 Å². The lowest BCUT2D eigenvalue weighted by Crippen LogP contribution is -2.43. The fraction of sp³-hybridized carbons (Fsp3) is 0.588. The van der Waals surface area contributed by atoms with E-state index < -0.39 is 5.41 Å². The van der Waals surface area contributed by atoms with Crippen molar-refractivity contribution in [2.75, 3.05) is 13.6 Å². The quantitative estimate of drug-likeness (QED) is 0.803. The molecule has 1 rings (SSSR count). The predicted molar refractivity (Wildman–Crippen MR) is 84.5 cm³/mol. The normalized spacial score (nSPS) is 13.3. The van der Waals surface area contributed by atoms with Crippen LogP contribution in [0.15, 0.2) is 30.3 Å². The fourth-order valence-electron chi connectivity index (χ4n) is 2.29. The number of nitrogens with one attached hydrogen (secondary N) is 2. The number of rotatable bonds is 7. The van der Waals surface area contributed by atoms with Gasteiger partial charge in [-0.25, -0.2) is 0 Å². The van der Waals surface area contributed by atoms with Gasteiger partial charge in [0, 0.05) is 19.6 Å². The molecule has 112 valence electrons.